The summed E-state index contributed by atoms with van der Waals surface area (Å²) in [5.41, 5.74) is 3.19. The zero-order valence-electron chi connectivity index (χ0n) is 12.6. The number of piperidine rings is 1. The van der Waals surface area contributed by atoms with Crippen LogP contribution in [0.5, 0.6) is 0 Å². The van der Waals surface area contributed by atoms with Gasteiger partial charge in [-0.25, -0.2) is 0 Å². The molecule has 22 heavy (non-hydrogen) atoms. The Morgan fingerprint density at radius 3 is 2.55 bits per heavy atom. The van der Waals surface area contributed by atoms with E-state index in [1.807, 2.05) is 6.07 Å². The number of fused-ring (bicyclic) bond motifs is 1. The third-order valence-corrected chi connectivity index (χ3v) is 5.33. The number of rotatable bonds is 2. The summed E-state index contributed by atoms with van der Waals surface area (Å²) in [4.78, 5) is 0. The topological polar surface area (TPSA) is 12.0 Å². The minimum atomic E-state index is 0.216. The highest BCUT2D eigenvalue weighted by molar-refractivity contribution is 6.30. The van der Waals surface area contributed by atoms with Crippen LogP contribution >= 0.6 is 11.6 Å². The number of nitrogens with one attached hydrogen (secondary N) is 1. The average Bonchev–Trinajstić information content (AvgIpc) is 2.81. The normalized spacial score (nSPS) is 19.0. The second-order valence-corrected chi connectivity index (χ2v) is 6.86. The Labute approximate surface area is 136 Å². The molecule has 0 radical (unpaired) electrons. The van der Waals surface area contributed by atoms with Gasteiger partial charge in [-0.1, -0.05) is 54.1 Å². The minimum Gasteiger partial charge on any atom is -0.317 e. The molecule has 2 aromatic rings. The molecule has 1 fully saturated rings. The third kappa shape index (κ3) is 2.39. The summed E-state index contributed by atoms with van der Waals surface area (Å²) < 4.78 is 0. The molecule has 2 aliphatic rings. The van der Waals surface area contributed by atoms with E-state index in [1.165, 1.54) is 28.8 Å². The zero-order valence-corrected chi connectivity index (χ0v) is 13.4. The van der Waals surface area contributed by atoms with Gasteiger partial charge in [0.1, 0.15) is 0 Å². The largest absolute Gasteiger partial charge is 0.317 e. The van der Waals surface area contributed by atoms with Crippen molar-refractivity contribution < 1.29 is 0 Å². The van der Waals surface area contributed by atoms with Crippen LogP contribution in [-0.2, 0) is 6.42 Å². The highest BCUT2D eigenvalue weighted by Crippen LogP contribution is 2.42. The maximum Gasteiger partial charge on any atom is 0.0412 e. The van der Waals surface area contributed by atoms with Gasteiger partial charge in [0.25, 0.3) is 0 Å². The monoisotopic (exact) mass is 309 g/mol. The molecule has 0 unspecified atom stereocenters. The van der Waals surface area contributed by atoms with Crippen molar-refractivity contribution >= 4 is 23.3 Å². The fourth-order valence-electron chi connectivity index (χ4n) is 3.97. The summed E-state index contributed by atoms with van der Waals surface area (Å²) in [6.45, 7) is 2.19. The summed E-state index contributed by atoms with van der Waals surface area (Å²) in [6, 6.07) is 17.2. The number of benzene rings is 2. The van der Waals surface area contributed by atoms with Crippen molar-refractivity contribution in [3.05, 3.63) is 69.6 Å². The van der Waals surface area contributed by atoms with E-state index in [4.69, 9.17) is 11.6 Å². The molecule has 0 amide bonds. The third-order valence-electron chi connectivity index (χ3n) is 5.09. The van der Waals surface area contributed by atoms with Crippen LogP contribution in [0.2, 0.25) is 5.02 Å². The van der Waals surface area contributed by atoms with Gasteiger partial charge < -0.3 is 5.32 Å². The molecule has 0 atom stereocenters. The van der Waals surface area contributed by atoms with Gasteiger partial charge in [0.15, 0.2) is 0 Å². The van der Waals surface area contributed by atoms with Crippen molar-refractivity contribution in [3.8, 4) is 0 Å². The second kappa shape index (κ2) is 5.57. The van der Waals surface area contributed by atoms with Crippen molar-refractivity contribution in [2.75, 3.05) is 13.1 Å². The van der Waals surface area contributed by atoms with Crippen molar-refractivity contribution in [3.63, 3.8) is 0 Å². The molecule has 1 aliphatic heterocycles. The van der Waals surface area contributed by atoms with Gasteiger partial charge in [-0.3, -0.25) is 0 Å². The van der Waals surface area contributed by atoms with Gasteiger partial charge in [0, 0.05) is 10.4 Å². The summed E-state index contributed by atoms with van der Waals surface area (Å²) in [7, 11) is 0. The summed E-state index contributed by atoms with van der Waals surface area (Å²) in [6.07, 6.45) is 5.88. The van der Waals surface area contributed by atoms with Crippen LogP contribution < -0.4 is 15.8 Å². The zero-order chi connectivity index (χ0) is 15.0. The lowest BCUT2D eigenvalue weighted by Crippen LogP contribution is -2.36. The van der Waals surface area contributed by atoms with Crippen LogP contribution in [0.25, 0.3) is 11.6 Å². The van der Waals surface area contributed by atoms with Crippen LogP contribution in [0.4, 0.5) is 0 Å². The van der Waals surface area contributed by atoms with Crippen molar-refractivity contribution in [2.24, 2.45) is 5.41 Å². The number of halogens is 1. The molecule has 1 spiro atoms. The first-order valence-corrected chi connectivity index (χ1v) is 8.41. The summed E-state index contributed by atoms with van der Waals surface area (Å²) in [5, 5.41) is 7.05. The lowest BCUT2D eigenvalue weighted by Gasteiger charge is -2.36. The number of hydrogen-bond acceptors (Lipinski definition) is 1. The van der Waals surface area contributed by atoms with E-state index in [-0.39, 0.29) is 5.41 Å². The van der Waals surface area contributed by atoms with E-state index in [2.05, 4.69) is 53.9 Å². The lowest BCUT2D eigenvalue weighted by molar-refractivity contribution is 0.372. The Morgan fingerprint density at radius 2 is 1.77 bits per heavy atom. The Hall–Kier alpha value is -1.57. The fourth-order valence-corrected chi connectivity index (χ4v) is 4.15. The maximum absolute atomic E-state index is 6.22. The molecule has 112 valence electrons. The molecule has 0 aromatic heterocycles. The maximum atomic E-state index is 6.22. The second-order valence-electron chi connectivity index (χ2n) is 6.42. The van der Waals surface area contributed by atoms with Crippen LogP contribution in [-0.4, -0.2) is 13.1 Å². The van der Waals surface area contributed by atoms with Gasteiger partial charge in [-0.15, -0.1) is 0 Å². The van der Waals surface area contributed by atoms with E-state index < -0.39 is 0 Å². The Bertz CT molecular complexity index is 801. The molecule has 4 rings (SSSR count). The molecule has 1 saturated heterocycles. The molecule has 1 heterocycles. The smallest absolute Gasteiger partial charge is 0.0412 e. The lowest BCUT2D eigenvalue weighted by atomic mass is 9.72. The van der Waals surface area contributed by atoms with Crippen molar-refractivity contribution in [1.82, 2.24) is 5.32 Å². The van der Waals surface area contributed by atoms with E-state index in [1.54, 1.807) is 5.57 Å². The molecule has 0 saturated carbocycles. The summed E-state index contributed by atoms with van der Waals surface area (Å²) in [5.74, 6) is 0. The van der Waals surface area contributed by atoms with Gasteiger partial charge in [-0.05, 0) is 66.1 Å². The summed E-state index contributed by atoms with van der Waals surface area (Å²) >= 11 is 6.22. The molecule has 1 aliphatic carbocycles. The van der Waals surface area contributed by atoms with Crippen LogP contribution in [0.1, 0.15) is 18.4 Å². The molecule has 1 nitrogen and oxygen atoms in total. The first-order chi connectivity index (χ1) is 10.8. The standard InChI is InChI=1S/C20H20ClN/c21-17-6-7-18-16(13-17)14-20(8-10-22-11-9-20)19(18)12-15-4-2-1-3-5-15/h1-7,13-14,22H,8-12H2. The Kier molecular flexibility index (Phi) is 3.56. The van der Waals surface area contributed by atoms with Crippen LogP contribution in [0.3, 0.4) is 0 Å². The van der Waals surface area contributed by atoms with Gasteiger partial charge in [-0.2, -0.15) is 0 Å². The highest BCUT2D eigenvalue weighted by atomic mass is 35.5. The SMILES string of the molecule is Clc1ccc2c(c1)=CC1(CCNCC1)C=2Cc1ccccc1. The van der Waals surface area contributed by atoms with Crippen molar-refractivity contribution in [1.29, 1.82) is 0 Å². The quantitative estimate of drug-likeness (QED) is 0.899. The molecule has 2 aromatic carbocycles. The van der Waals surface area contributed by atoms with E-state index in [9.17, 15) is 0 Å². The van der Waals surface area contributed by atoms with E-state index in [0.29, 0.717) is 0 Å². The Morgan fingerprint density at radius 1 is 1.00 bits per heavy atom. The highest BCUT2D eigenvalue weighted by Gasteiger charge is 2.36. The van der Waals surface area contributed by atoms with Crippen molar-refractivity contribution in [2.45, 2.75) is 19.3 Å². The molecule has 0 bridgehead atoms. The van der Waals surface area contributed by atoms with Crippen LogP contribution in [0, 0.1) is 5.41 Å². The minimum absolute atomic E-state index is 0.216. The first kappa shape index (κ1) is 14.0. The van der Waals surface area contributed by atoms with Crippen LogP contribution in [0.15, 0.2) is 48.5 Å². The van der Waals surface area contributed by atoms with Gasteiger partial charge >= 0.3 is 0 Å². The predicted molar refractivity (Wildman–Crippen MR) is 93.3 cm³/mol. The average molecular weight is 310 g/mol. The predicted octanol–water partition coefficient (Wildman–Crippen LogP) is 2.90. The van der Waals surface area contributed by atoms with Gasteiger partial charge in [0.05, 0.1) is 0 Å². The molecule has 1 N–H and O–H groups in total. The molecular formula is C20H20ClN. The number of hydrogen-bond donors (Lipinski definition) is 1. The fraction of sp³-hybridized carbons (Fsp3) is 0.300. The van der Waals surface area contributed by atoms with Gasteiger partial charge in [0.2, 0.25) is 0 Å². The first-order valence-electron chi connectivity index (χ1n) is 8.04. The molecule has 2 heteroatoms. The van der Waals surface area contributed by atoms with E-state index in [0.717, 1.165) is 24.5 Å². The Balaban J connectivity index is 1.87. The molecular weight excluding hydrogens is 290 g/mol. The van der Waals surface area contributed by atoms with E-state index >= 15 is 0 Å².